The van der Waals surface area contributed by atoms with Gasteiger partial charge in [-0.1, -0.05) is 18.2 Å². The fourth-order valence-electron chi connectivity index (χ4n) is 0.903. The quantitative estimate of drug-likeness (QED) is 0.693. The van der Waals surface area contributed by atoms with Gasteiger partial charge in [-0.2, -0.15) is 0 Å². The average molecular weight is 226 g/mol. The second-order valence-corrected chi connectivity index (χ2v) is 4.59. The summed E-state index contributed by atoms with van der Waals surface area (Å²) < 4.78 is 23.2. The summed E-state index contributed by atoms with van der Waals surface area (Å²) >= 11 is 0. The molecule has 1 amide bonds. The van der Waals surface area contributed by atoms with Gasteiger partial charge in [-0.15, -0.1) is 0 Å². The standard InChI is InChI=1S/C9H10N2O3S/c10-8(9(11)12)6-15(13,14)7-4-2-1-3-5-7/h1-6H,10H2,(H2,11,12)/b8-6-. The maximum absolute atomic E-state index is 11.6. The molecule has 0 radical (unpaired) electrons. The zero-order valence-electron chi connectivity index (χ0n) is 7.75. The number of amides is 1. The fourth-order valence-corrected chi connectivity index (χ4v) is 2.03. The summed E-state index contributed by atoms with van der Waals surface area (Å²) in [4.78, 5) is 10.6. The average Bonchev–Trinajstić information content (AvgIpc) is 2.18. The zero-order chi connectivity index (χ0) is 11.5. The summed E-state index contributed by atoms with van der Waals surface area (Å²) in [6, 6.07) is 7.63. The van der Waals surface area contributed by atoms with Gasteiger partial charge >= 0.3 is 0 Å². The Labute approximate surface area is 87.3 Å². The first-order valence-corrected chi connectivity index (χ1v) is 5.55. The molecule has 0 aliphatic carbocycles. The molecule has 0 saturated carbocycles. The van der Waals surface area contributed by atoms with Crippen molar-refractivity contribution >= 4 is 15.7 Å². The Morgan fingerprint density at radius 1 is 1.13 bits per heavy atom. The number of carbonyl (C=O) groups excluding carboxylic acids is 1. The molecule has 1 rings (SSSR count). The normalized spacial score (nSPS) is 12.4. The number of nitrogens with two attached hydrogens (primary N) is 2. The van der Waals surface area contributed by atoms with E-state index in [4.69, 9.17) is 11.5 Å². The summed E-state index contributed by atoms with van der Waals surface area (Å²) in [5.41, 5.74) is 9.48. The highest BCUT2D eigenvalue weighted by Crippen LogP contribution is 2.11. The van der Waals surface area contributed by atoms with E-state index in [1.807, 2.05) is 0 Å². The Morgan fingerprint density at radius 3 is 2.13 bits per heavy atom. The van der Waals surface area contributed by atoms with Crippen LogP contribution in [0.25, 0.3) is 0 Å². The van der Waals surface area contributed by atoms with Crippen LogP contribution in [0.15, 0.2) is 46.3 Å². The molecular weight excluding hydrogens is 216 g/mol. The number of hydrogen-bond acceptors (Lipinski definition) is 4. The van der Waals surface area contributed by atoms with Gasteiger partial charge in [0.1, 0.15) is 5.70 Å². The second-order valence-electron chi connectivity index (χ2n) is 2.80. The molecule has 0 fully saturated rings. The maximum Gasteiger partial charge on any atom is 0.265 e. The van der Waals surface area contributed by atoms with Gasteiger partial charge in [0.25, 0.3) is 5.91 Å². The van der Waals surface area contributed by atoms with E-state index in [0.29, 0.717) is 5.41 Å². The van der Waals surface area contributed by atoms with Crippen LogP contribution in [0.4, 0.5) is 0 Å². The minimum atomic E-state index is -3.69. The van der Waals surface area contributed by atoms with Crippen molar-refractivity contribution in [2.24, 2.45) is 11.5 Å². The van der Waals surface area contributed by atoms with E-state index >= 15 is 0 Å². The Bertz CT molecular complexity index is 491. The van der Waals surface area contributed by atoms with Crippen molar-refractivity contribution < 1.29 is 13.2 Å². The summed E-state index contributed by atoms with van der Waals surface area (Å²) in [5.74, 6) is -0.963. The van der Waals surface area contributed by atoms with Crippen LogP contribution in [-0.4, -0.2) is 14.3 Å². The monoisotopic (exact) mass is 226 g/mol. The molecule has 4 N–H and O–H groups in total. The Morgan fingerprint density at radius 2 is 1.67 bits per heavy atom. The van der Waals surface area contributed by atoms with E-state index in [1.165, 1.54) is 12.1 Å². The maximum atomic E-state index is 11.6. The largest absolute Gasteiger partial charge is 0.394 e. The fraction of sp³-hybridized carbons (Fsp3) is 0. The Balaban J connectivity index is 3.17. The third-order valence-corrected chi connectivity index (χ3v) is 3.13. The van der Waals surface area contributed by atoms with E-state index in [0.717, 1.165) is 0 Å². The lowest BCUT2D eigenvalue weighted by Gasteiger charge is -1.99. The molecular formula is C9H10N2O3S. The molecule has 1 aromatic carbocycles. The van der Waals surface area contributed by atoms with Gasteiger partial charge in [-0.3, -0.25) is 4.79 Å². The Kier molecular flexibility index (Phi) is 3.11. The van der Waals surface area contributed by atoms with Crippen molar-refractivity contribution in [1.29, 1.82) is 0 Å². The molecule has 0 aromatic heterocycles. The summed E-state index contributed by atoms with van der Waals surface area (Å²) in [6.07, 6.45) is 0. The molecule has 0 aliphatic heterocycles. The summed E-state index contributed by atoms with van der Waals surface area (Å²) in [6.45, 7) is 0. The molecule has 0 bridgehead atoms. The van der Waals surface area contributed by atoms with Crippen molar-refractivity contribution in [3.05, 3.63) is 41.4 Å². The zero-order valence-corrected chi connectivity index (χ0v) is 8.57. The van der Waals surface area contributed by atoms with E-state index in [1.54, 1.807) is 18.2 Å². The number of sulfone groups is 1. The van der Waals surface area contributed by atoms with Crippen molar-refractivity contribution in [2.45, 2.75) is 4.90 Å². The minimum Gasteiger partial charge on any atom is -0.394 e. The van der Waals surface area contributed by atoms with Crippen molar-refractivity contribution in [3.63, 3.8) is 0 Å². The predicted octanol–water partition coefficient (Wildman–Crippen LogP) is -0.254. The number of rotatable bonds is 3. The molecule has 0 saturated heterocycles. The van der Waals surface area contributed by atoms with E-state index in [9.17, 15) is 13.2 Å². The number of primary amides is 1. The van der Waals surface area contributed by atoms with Crippen LogP contribution in [0, 0.1) is 0 Å². The molecule has 0 atom stereocenters. The van der Waals surface area contributed by atoms with Gasteiger partial charge < -0.3 is 11.5 Å². The van der Waals surface area contributed by atoms with Gasteiger partial charge in [0.05, 0.1) is 10.3 Å². The first-order valence-electron chi connectivity index (χ1n) is 4.00. The highest BCUT2D eigenvalue weighted by Gasteiger charge is 2.12. The van der Waals surface area contributed by atoms with Crippen LogP contribution in [0.1, 0.15) is 0 Å². The molecule has 6 heteroatoms. The molecule has 0 aliphatic rings. The molecule has 1 aromatic rings. The molecule has 0 spiro atoms. The number of hydrogen-bond donors (Lipinski definition) is 2. The van der Waals surface area contributed by atoms with Crippen molar-refractivity contribution in [3.8, 4) is 0 Å². The van der Waals surface area contributed by atoms with E-state index in [2.05, 4.69) is 0 Å². The van der Waals surface area contributed by atoms with Gasteiger partial charge in [0.15, 0.2) is 0 Å². The number of carbonyl (C=O) groups is 1. The van der Waals surface area contributed by atoms with Crippen molar-refractivity contribution in [2.75, 3.05) is 0 Å². The van der Waals surface area contributed by atoms with Gasteiger partial charge in [0, 0.05) is 0 Å². The third kappa shape index (κ3) is 2.81. The molecule has 15 heavy (non-hydrogen) atoms. The molecule has 80 valence electrons. The van der Waals surface area contributed by atoms with Crippen LogP contribution < -0.4 is 11.5 Å². The molecule has 0 unspecified atom stereocenters. The second kappa shape index (κ2) is 4.14. The first kappa shape index (κ1) is 11.3. The van der Waals surface area contributed by atoms with Crippen molar-refractivity contribution in [1.82, 2.24) is 0 Å². The lowest BCUT2D eigenvalue weighted by atomic mass is 10.4. The summed E-state index contributed by atoms with van der Waals surface area (Å²) in [7, 11) is -3.69. The van der Waals surface area contributed by atoms with Crippen LogP contribution in [0.5, 0.6) is 0 Å². The Hall–Kier alpha value is -1.82. The first-order chi connectivity index (χ1) is 6.93. The predicted molar refractivity (Wildman–Crippen MR) is 55.1 cm³/mol. The van der Waals surface area contributed by atoms with Gasteiger partial charge in [0.2, 0.25) is 9.84 Å². The third-order valence-electron chi connectivity index (χ3n) is 1.64. The summed E-state index contributed by atoms with van der Waals surface area (Å²) in [5, 5.41) is 0.657. The topological polar surface area (TPSA) is 103 Å². The van der Waals surface area contributed by atoms with Crippen LogP contribution >= 0.6 is 0 Å². The molecule has 5 nitrogen and oxygen atoms in total. The van der Waals surface area contributed by atoms with Gasteiger partial charge in [-0.25, -0.2) is 8.42 Å². The number of benzene rings is 1. The highest BCUT2D eigenvalue weighted by atomic mass is 32.2. The van der Waals surface area contributed by atoms with Gasteiger partial charge in [-0.05, 0) is 12.1 Å². The van der Waals surface area contributed by atoms with Crippen LogP contribution in [0.3, 0.4) is 0 Å². The lowest BCUT2D eigenvalue weighted by molar-refractivity contribution is -0.114. The van der Waals surface area contributed by atoms with E-state index in [-0.39, 0.29) is 4.90 Å². The van der Waals surface area contributed by atoms with Crippen LogP contribution in [-0.2, 0) is 14.6 Å². The SMILES string of the molecule is NC(=O)/C(N)=C/S(=O)(=O)c1ccccc1. The van der Waals surface area contributed by atoms with Crippen LogP contribution in [0.2, 0.25) is 0 Å². The highest BCUT2D eigenvalue weighted by molar-refractivity contribution is 7.94. The minimum absolute atomic E-state index is 0.0641. The smallest absolute Gasteiger partial charge is 0.265 e. The lowest BCUT2D eigenvalue weighted by Crippen LogP contribution is -2.21. The molecule has 0 heterocycles. The van der Waals surface area contributed by atoms with E-state index < -0.39 is 21.4 Å².